The molecule has 0 aliphatic rings. The van der Waals surface area contributed by atoms with E-state index in [0.717, 1.165) is 11.1 Å². The Labute approximate surface area is 176 Å². The van der Waals surface area contributed by atoms with Crippen molar-refractivity contribution in [2.24, 2.45) is 0 Å². The number of nitrogens with one attached hydrogen (secondary N) is 1. The summed E-state index contributed by atoms with van der Waals surface area (Å²) in [6.45, 7) is 0.671. The Hall–Kier alpha value is -3.42. The van der Waals surface area contributed by atoms with E-state index in [9.17, 15) is 14.4 Å². The van der Waals surface area contributed by atoms with E-state index in [2.05, 4.69) is 15.0 Å². The predicted molar refractivity (Wildman–Crippen MR) is 112 cm³/mol. The molecule has 0 saturated carbocycles. The van der Waals surface area contributed by atoms with Gasteiger partial charge in [0.1, 0.15) is 12.4 Å². The van der Waals surface area contributed by atoms with Crippen molar-refractivity contribution in [1.29, 1.82) is 0 Å². The van der Waals surface area contributed by atoms with Crippen molar-refractivity contribution < 1.29 is 23.9 Å². The molecule has 0 unspecified atom stereocenters. The third-order valence-electron chi connectivity index (χ3n) is 4.48. The SMILES string of the molecule is COC(=O)CCc1ccc(CC(=O)N(CCNc2ccccn2)CC(=O)OC)cc1. The van der Waals surface area contributed by atoms with Crippen molar-refractivity contribution in [3.8, 4) is 0 Å². The molecule has 30 heavy (non-hydrogen) atoms. The highest BCUT2D eigenvalue weighted by Crippen LogP contribution is 2.10. The van der Waals surface area contributed by atoms with Crippen LogP contribution in [-0.4, -0.2) is 61.6 Å². The Morgan fingerprint density at radius 3 is 2.30 bits per heavy atom. The van der Waals surface area contributed by atoms with Crippen LogP contribution >= 0.6 is 0 Å². The van der Waals surface area contributed by atoms with Crippen molar-refractivity contribution in [3.05, 3.63) is 59.8 Å². The molecule has 0 saturated heterocycles. The minimum atomic E-state index is -0.473. The maximum Gasteiger partial charge on any atom is 0.325 e. The molecule has 160 valence electrons. The van der Waals surface area contributed by atoms with E-state index in [-0.39, 0.29) is 24.8 Å². The lowest BCUT2D eigenvalue weighted by molar-refractivity contribution is -0.146. The quantitative estimate of drug-likeness (QED) is 0.561. The lowest BCUT2D eigenvalue weighted by atomic mass is 10.1. The standard InChI is InChI=1S/C22H27N3O5/c1-29-21(27)11-10-17-6-8-18(9-7-17)15-20(26)25(16-22(28)30-2)14-13-24-19-5-3-4-12-23-19/h3-9,12H,10-11,13-16H2,1-2H3,(H,23,24). The van der Waals surface area contributed by atoms with Crippen molar-refractivity contribution in [2.75, 3.05) is 39.2 Å². The van der Waals surface area contributed by atoms with Gasteiger partial charge in [-0.05, 0) is 29.7 Å². The summed E-state index contributed by atoms with van der Waals surface area (Å²) in [5, 5.41) is 3.13. The van der Waals surface area contributed by atoms with Gasteiger partial charge in [-0.25, -0.2) is 4.98 Å². The second-order valence-electron chi connectivity index (χ2n) is 6.60. The largest absolute Gasteiger partial charge is 0.469 e. The summed E-state index contributed by atoms with van der Waals surface area (Å²) in [5.74, 6) is -0.206. The topological polar surface area (TPSA) is 97.8 Å². The molecule has 0 atom stereocenters. The van der Waals surface area contributed by atoms with Crippen molar-refractivity contribution in [1.82, 2.24) is 9.88 Å². The van der Waals surface area contributed by atoms with Gasteiger partial charge in [0.2, 0.25) is 5.91 Å². The first-order valence-corrected chi connectivity index (χ1v) is 9.66. The van der Waals surface area contributed by atoms with E-state index < -0.39 is 5.97 Å². The molecule has 8 heteroatoms. The molecular formula is C22H27N3O5. The van der Waals surface area contributed by atoms with Crippen molar-refractivity contribution >= 4 is 23.7 Å². The van der Waals surface area contributed by atoms with E-state index >= 15 is 0 Å². The van der Waals surface area contributed by atoms with Crippen LogP contribution in [-0.2, 0) is 36.7 Å². The molecule has 0 fully saturated rings. The number of esters is 2. The monoisotopic (exact) mass is 413 g/mol. The lowest BCUT2D eigenvalue weighted by Gasteiger charge is -2.22. The zero-order valence-electron chi connectivity index (χ0n) is 17.3. The smallest absolute Gasteiger partial charge is 0.325 e. The summed E-state index contributed by atoms with van der Waals surface area (Å²) in [6, 6.07) is 13.0. The minimum Gasteiger partial charge on any atom is -0.469 e. The summed E-state index contributed by atoms with van der Waals surface area (Å²) in [5.41, 5.74) is 1.82. The van der Waals surface area contributed by atoms with Crippen molar-refractivity contribution in [3.63, 3.8) is 0 Å². The number of hydrogen-bond acceptors (Lipinski definition) is 7. The van der Waals surface area contributed by atoms with Gasteiger partial charge in [0.05, 0.1) is 20.6 Å². The first-order valence-electron chi connectivity index (χ1n) is 9.66. The molecule has 2 aromatic rings. The van der Waals surface area contributed by atoms with E-state index in [1.165, 1.54) is 19.1 Å². The van der Waals surface area contributed by atoms with Gasteiger partial charge in [-0.1, -0.05) is 30.3 Å². The summed E-state index contributed by atoms with van der Waals surface area (Å²) in [7, 11) is 2.66. The second kappa shape index (κ2) is 12.2. The number of amides is 1. The molecule has 0 bridgehead atoms. The molecule has 8 nitrogen and oxygen atoms in total. The van der Waals surface area contributed by atoms with Crippen molar-refractivity contribution in [2.45, 2.75) is 19.3 Å². The zero-order valence-corrected chi connectivity index (χ0v) is 17.3. The van der Waals surface area contributed by atoms with Gasteiger partial charge in [0.15, 0.2) is 0 Å². The number of nitrogens with zero attached hydrogens (tertiary/aromatic N) is 2. The van der Waals surface area contributed by atoms with Gasteiger partial charge >= 0.3 is 11.9 Å². The van der Waals surface area contributed by atoms with Gasteiger partial charge in [0.25, 0.3) is 0 Å². The fourth-order valence-corrected chi connectivity index (χ4v) is 2.76. The number of aryl methyl sites for hydroxylation is 1. The first-order chi connectivity index (χ1) is 14.5. The van der Waals surface area contributed by atoms with Gasteiger partial charge in [-0.3, -0.25) is 14.4 Å². The van der Waals surface area contributed by atoms with Gasteiger partial charge < -0.3 is 19.7 Å². The van der Waals surface area contributed by atoms with Crippen LogP contribution in [0, 0.1) is 0 Å². The highest BCUT2D eigenvalue weighted by molar-refractivity contribution is 5.83. The molecule has 0 spiro atoms. The Morgan fingerprint density at radius 2 is 1.67 bits per heavy atom. The Morgan fingerprint density at radius 1 is 0.967 bits per heavy atom. The number of carbonyl (C=O) groups is 3. The van der Waals surface area contributed by atoms with E-state index in [1.54, 1.807) is 6.20 Å². The maximum absolute atomic E-state index is 12.8. The number of hydrogen-bond donors (Lipinski definition) is 1. The van der Waals surface area contributed by atoms with E-state index in [1.807, 2.05) is 42.5 Å². The van der Waals surface area contributed by atoms with E-state index in [4.69, 9.17) is 4.74 Å². The average molecular weight is 413 g/mol. The summed E-state index contributed by atoms with van der Waals surface area (Å²) >= 11 is 0. The van der Waals surface area contributed by atoms with Crippen LogP contribution in [0.25, 0.3) is 0 Å². The molecule has 1 N–H and O–H groups in total. The summed E-state index contributed by atoms with van der Waals surface area (Å²) < 4.78 is 9.35. The fraction of sp³-hybridized carbons (Fsp3) is 0.364. The number of carbonyl (C=O) groups excluding carboxylic acids is 3. The minimum absolute atomic E-state index is 0.115. The van der Waals surface area contributed by atoms with Crippen LogP contribution in [0.4, 0.5) is 5.82 Å². The van der Waals surface area contributed by atoms with Crippen LogP contribution in [0.3, 0.4) is 0 Å². The Bertz CT molecular complexity index is 824. The van der Waals surface area contributed by atoms with Crippen LogP contribution in [0.1, 0.15) is 17.5 Å². The molecule has 0 radical (unpaired) electrons. The van der Waals surface area contributed by atoms with Crippen LogP contribution < -0.4 is 5.32 Å². The molecule has 1 aromatic carbocycles. The molecular weight excluding hydrogens is 386 g/mol. The van der Waals surface area contributed by atoms with Crippen LogP contribution in [0.15, 0.2) is 48.7 Å². The predicted octanol–water partition coefficient (Wildman–Crippen LogP) is 1.84. The third kappa shape index (κ3) is 7.90. The Balaban J connectivity index is 1.92. The second-order valence-corrected chi connectivity index (χ2v) is 6.60. The lowest BCUT2D eigenvalue weighted by Crippen LogP contribution is -2.40. The molecule has 2 rings (SSSR count). The number of rotatable bonds is 11. The molecule has 1 aromatic heterocycles. The first kappa shape index (κ1) is 22.9. The van der Waals surface area contributed by atoms with Gasteiger partial charge in [0, 0.05) is 25.7 Å². The summed E-state index contributed by atoms with van der Waals surface area (Å²) in [4.78, 5) is 41.4. The van der Waals surface area contributed by atoms with E-state index in [0.29, 0.717) is 31.7 Å². The van der Waals surface area contributed by atoms with Crippen LogP contribution in [0.2, 0.25) is 0 Å². The number of ether oxygens (including phenoxy) is 2. The normalized spacial score (nSPS) is 10.2. The number of methoxy groups -OCH3 is 2. The molecule has 1 amide bonds. The fourth-order valence-electron chi connectivity index (χ4n) is 2.76. The highest BCUT2D eigenvalue weighted by Gasteiger charge is 2.18. The number of anilines is 1. The highest BCUT2D eigenvalue weighted by atomic mass is 16.5. The van der Waals surface area contributed by atoms with Gasteiger partial charge in [-0.15, -0.1) is 0 Å². The number of aromatic nitrogens is 1. The Kier molecular flexibility index (Phi) is 9.30. The zero-order chi connectivity index (χ0) is 21.8. The van der Waals surface area contributed by atoms with Gasteiger partial charge in [-0.2, -0.15) is 0 Å². The number of pyridine rings is 1. The maximum atomic E-state index is 12.8. The molecule has 0 aliphatic heterocycles. The third-order valence-corrected chi connectivity index (χ3v) is 4.48. The van der Waals surface area contributed by atoms with Crippen LogP contribution in [0.5, 0.6) is 0 Å². The molecule has 1 heterocycles. The average Bonchev–Trinajstić information content (AvgIpc) is 2.78. The summed E-state index contributed by atoms with van der Waals surface area (Å²) in [6.07, 6.45) is 2.73. The molecule has 0 aliphatic carbocycles. The number of benzene rings is 1.